The lowest BCUT2D eigenvalue weighted by atomic mass is 9.81. The van der Waals surface area contributed by atoms with Gasteiger partial charge >= 0.3 is 0 Å². The molecule has 0 saturated heterocycles. The van der Waals surface area contributed by atoms with Gasteiger partial charge in [0.2, 0.25) is 0 Å². The van der Waals surface area contributed by atoms with E-state index in [0.29, 0.717) is 6.42 Å². The van der Waals surface area contributed by atoms with Gasteiger partial charge in [0, 0.05) is 0 Å². The summed E-state index contributed by atoms with van der Waals surface area (Å²) in [4.78, 5) is 11.4. The zero-order valence-corrected chi connectivity index (χ0v) is 10.3. The maximum atomic E-state index is 11.4. The largest absolute Gasteiger partial charge is 0.298 e. The molecule has 0 radical (unpaired) electrons. The molecule has 0 fully saturated rings. The third kappa shape index (κ3) is 2.49. The molecule has 16 heavy (non-hydrogen) atoms. The van der Waals surface area contributed by atoms with Crippen LogP contribution in [0.4, 0.5) is 0 Å². The van der Waals surface area contributed by atoms with E-state index in [1.165, 1.54) is 18.1 Å². The first-order valence-corrected chi connectivity index (χ1v) is 5.37. The fourth-order valence-corrected chi connectivity index (χ4v) is 1.56. The standard InChI is InChI=1S/C14H17NO/c1-10-5-6-13(7-11(10)2)8-14(4,9-15)12(3)16/h5-7H,8H2,1-4H3. The van der Waals surface area contributed by atoms with Crippen molar-refractivity contribution in [2.24, 2.45) is 5.41 Å². The van der Waals surface area contributed by atoms with Crippen molar-refractivity contribution in [3.8, 4) is 6.07 Å². The number of aryl methyl sites for hydroxylation is 2. The fraction of sp³-hybridized carbons (Fsp3) is 0.429. The Hall–Kier alpha value is -1.62. The number of hydrogen-bond donors (Lipinski definition) is 0. The number of rotatable bonds is 3. The van der Waals surface area contributed by atoms with Crippen LogP contribution in [-0.2, 0) is 11.2 Å². The summed E-state index contributed by atoms with van der Waals surface area (Å²) < 4.78 is 0. The number of Topliss-reactive ketones (excluding diaryl/α,β-unsaturated/α-hetero) is 1. The van der Waals surface area contributed by atoms with Gasteiger partial charge < -0.3 is 0 Å². The van der Waals surface area contributed by atoms with Crippen molar-refractivity contribution < 1.29 is 4.79 Å². The summed E-state index contributed by atoms with van der Waals surface area (Å²) in [5, 5.41) is 9.07. The topological polar surface area (TPSA) is 40.9 Å². The minimum absolute atomic E-state index is 0.0757. The lowest BCUT2D eigenvalue weighted by molar-refractivity contribution is -0.123. The molecule has 0 N–H and O–H groups in total. The van der Waals surface area contributed by atoms with E-state index in [0.717, 1.165) is 5.56 Å². The molecule has 1 aromatic rings. The summed E-state index contributed by atoms with van der Waals surface area (Å²) in [5.74, 6) is -0.0757. The summed E-state index contributed by atoms with van der Waals surface area (Å²) in [5.41, 5.74) is 2.57. The van der Waals surface area contributed by atoms with Crippen LogP contribution in [-0.4, -0.2) is 5.78 Å². The van der Waals surface area contributed by atoms with Gasteiger partial charge in [0.05, 0.1) is 6.07 Å². The molecule has 1 atom stereocenters. The van der Waals surface area contributed by atoms with Crippen LogP contribution in [0.5, 0.6) is 0 Å². The molecular formula is C14H17NO. The van der Waals surface area contributed by atoms with Gasteiger partial charge in [-0.25, -0.2) is 0 Å². The predicted octanol–water partition coefficient (Wildman–Crippen LogP) is 2.96. The third-order valence-corrected chi connectivity index (χ3v) is 3.15. The van der Waals surface area contributed by atoms with Gasteiger partial charge in [0.1, 0.15) is 11.2 Å². The van der Waals surface area contributed by atoms with Gasteiger partial charge in [-0.05, 0) is 50.8 Å². The lowest BCUT2D eigenvalue weighted by Gasteiger charge is -2.18. The molecule has 2 nitrogen and oxygen atoms in total. The normalized spacial score (nSPS) is 13.9. The second-order valence-electron chi connectivity index (χ2n) is 4.60. The first-order valence-electron chi connectivity index (χ1n) is 5.37. The van der Waals surface area contributed by atoms with E-state index in [1.807, 2.05) is 32.0 Å². The second kappa shape index (κ2) is 4.49. The zero-order chi connectivity index (χ0) is 12.3. The second-order valence-corrected chi connectivity index (χ2v) is 4.60. The monoisotopic (exact) mass is 215 g/mol. The van der Waals surface area contributed by atoms with E-state index in [1.54, 1.807) is 6.92 Å². The first-order chi connectivity index (χ1) is 7.39. The van der Waals surface area contributed by atoms with Crippen LogP contribution in [0.25, 0.3) is 0 Å². The minimum atomic E-state index is -0.901. The Bertz CT molecular complexity index is 456. The van der Waals surface area contributed by atoms with Crippen LogP contribution in [0.1, 0.15) is 30.5 Å². The van der Waals surface area contributed by atoms with Crippen molar-refractivity contribution in [1.82, 2.24) is 0 Å². The zero-order valence-electron chi connectivity index (χ0n) is 10.3. The van der Waals surface area contributed by atoms with Crippen molar-refractivity contribution >= 4 is 5.78 Å². The molecule has 0 heterocycles. The summed E-state index contributed by atoms with van der Waals surface area (Å²) >= 11 is 0. The van der Waals surface area contributed by atoms with Crippen molar-refractivity contribution in [1.29, 1.82) is 5.26 Å². The summed E-state index contributed by atoms with van der Waals surface area (Å²) in [6, 6.07) is 8.18. The number of carbonyl (C=O) groups excluding carboxylic acids is 1. The number of benzene rings is 1. The molecule has 0 bridgehead atoms. The summed E-state index contributed by atoms with van der Waals surface area (Å²) in [6.07, 6.45) is 0.486. The van der Waals surface area contributed by atoms with Crippen LogP contribution in [0.3, 0.4) is 0 Å². The number of nitrogens with zero attached hydrogens (tertiary/aromatic N) is 1. The van der Waals surface area contributed by atoms with E-state index in [4.69, 9.17) is 5.26 Å². The van der Waals surface area contributed by atoms with Gasteiger partial charge in [-0.1, -0.05) is 18.2 Å². The molecule has 1 rings (SSSR count). The molecule has 0 aliphatic heterocycles. The molecule has 2 heteroatoms. The van der Waals surface area contributed by atoms with E-state index >= 15 is 0 Å². The molecule has 0 amide bonds. The number of carbonyl (C=O) groups is 1. The van der Waals surface area contributed by atoms with Crippen LogP contribution >= 0.6 is 0 Å². The Morgan fingerprint density at radius 3 is 2.44 bits per heavy atom. The summed E-state index contributed by atoms with van der Waals surface area (Å²) in [7, 11) is 0. The average Bonchev–Trinajstić information content (AvgIpc) is 2.23. The van der Waals surface area contributed by atoms with E-state index < -0.39 is 5.41 Å². The Morgan fingerprint density at radius 1 is 1.38 bits per heavy atom. The fourth-order valence-electron chi connectivity index (χ4n) is 1.56. The van der Waals surface area contributed by atoms with Gasteiger partial charge in [-0.15, -0.1) is 0 Å². The van der Waals surface area contributed by atoms with Crippen LogP contribution in [0.15, 0.2) is 18.2 Å². The van der Waals surface area contributed by atoms with E-state index in [-0.39, 0.29) is 5.78 Å². The Morgan fingerprint density at radius 2 is 2.00 bits per heavy atom. The highest BCUT2D eigenvalue weighted by molar-refractivity contribution is 5.85. The van der Waals surface area contributed by atoms with Crippen LogP contribution in [0.2, 0.25) is 0 Å². The first kappa shape index (κ1) is 12.4. The maximum absolute atomic E-state index is 11.4. The Balaban J connectivity index is 3.01. The minimum Gasteiger partial charge on any atom is -0.298 e. The smallest absolute Gasteiger partial charge is 0.150 e. The molecule has 0 aliphatic carbocycles. The predicted molar refractivity (Wildman–Crippen MR) is 64.0 cm³/mol. The number of hydrogen-bond acceptors (Lipinski definition) is 2. The third-order valence-electron chi connectivity index (χ3n) is 3.15. The highest BCUT2D eigenvalue weighted by Gasteiger charge is 2.29. The van der Waals surface area contributed by atoms with Gasteiger partial charge in [-0.3, -0.25) is 4.79 Å². The van der Waals surface area contributed by atoms with E-state index in [9.17, 15) is 4.79 Å². The maximum Gasteiger partial charge on any atom is 0.150 e. The van der Waals surface area contributed by atoms with Crippen molar-refractivity contribution in [3.05, 3.63) is 34.9 Å². The van der Waals surface area contributed by atoms with Crippen molar-refractivity contribution in [3.63, 3.8) is 0 Å². The van der Waals surface area contributed by atoms with Gasteiger partial charge in [0.15, 0.2) is 0 Å². The number of ketones is 1. The quantitative estimate of drug-likeness (QED) is 0.777. The molecule has 1 unspecified atom stereocenters. The van der Waals surface area contributed by atoms with Gasteiger partial charge in [-0.2, -0.15) is 5.26 Å². The lowest BCUT2D eigenvalue weighted by Crippen LogP contribution is -2.26. The molecule has 84 valence electrons. The average molecular weight is 215 g/mol. The Kier molecular flexibility index (Phi) is 3.49. The number of nitriles is 1. The highest BCUT2D eigenvalue weighted by atomic mass is 16.1. The SMILES string of the molecule is CC(=O)C(C)(C#N)Cc1ccc(C)c(C)c1. The molecule has 0 spiro atoms. The molecule has 0 aliphatic rings. The van der Waals surface area contributed by atoms with Crippen LogP contribution < -0.4 is 0 Å². The molecule has 1 aromatic carbocycles. The van der Waals surface area contributed by atoms with Crippen molar-refractivity contribution in [2.75, 3.05) is 0 Å². The van der Waals surface area contributed by atoms with Crippen LogP contribution in [0, 0.1) is 30.6 Å². The summed E-state index contributed by atoms with van der Waals surface area (Å²) in [6.45, 7) is 7.26. The van der Waals surface area contributed by atoms with E-state index in [2.05, 4.69) is 6.07 Å². The Labute approximate surface area is 96.9 Å². The highest BCUT2D eigenvalue weighted by Crippen LogP contribution is 2.24. The van der Waals surface area contributed by atoms with Gasteiger partial charge in [0.25, 0.3) is 0 Å². The molecule has 0 saturated carbocycles. The molecular weight excluding hydrogens is 198 g/mol. The van der Waals surface area contributed by atoms with Crippen molar-refractivity contribution in [2.45, 2.75) is 34.1 Å². The molecule has 0 aromatic heterocycles.